The summed E-state index contributed by atoms with van der Waals surface area (Å²) in [6, 6.07) is 6.35. The van der Waals surface area contributed by atoms with Crippen molar-refractivity contribution in [3.05, 3.63) is 51.3 Å². The molecule has 0 saturated carbocycles. The van der Waals surface area contributed by atoms with E-state index in [0.29, 0.717) is 0 Å². The normalized spacial score (nSPS) is 14.1. The monoisotopic (exact) mass is 273 g/mol. The number of nitro benzene ring substituents is 1. The molecule has 0 bridgehead atoms. The minimum atomic E-state index is -0.415. The smallest absolute Gasteiger partial charge is 0.269 e. The molecule has 0 amide bonds. The zero-order valence-corrected chi connectivity index (χ0v) is 11.0. The van der Waals surface area contributed by atoms with E-state index in [1.54, 1.807) is 12.1 Å². The molecule has 104 valence electrons. The van der Waals surface area contributed by atoms with Crippen LogP contribution in [-0.4, -0.2) is 19.8 Å². The molecule has 0 aliphatic heterocycles. The topological polar surface area (TPSA) is 81.2 Å². The number of aliphatic hydroxyl groups is 1. The average Bonchev–Trinajstić information content (AvgIpc) is 2.86. The quantitative estimate of drug-likeness (QED) is 0.686. The summed E-state index contributed by atoms with van der Waals surface area (Å²) in [6.07, 6.45) is 4.10. The van der Waals surface area contributed by atoms with Gasteiger partial charge >= 0.3 is 0 Å². The van der Waals surface area contributed by atoms with E-state index in [1.165, 1.54) is 12.1 Å². The number of non-ortho nitro benzene ring substituents is 1. The van der Waals surface area contributed by atoms with Gasteiger partial charge in [0.2, 0.25) is 0 Å². The molecule has 0 radical (unpaired) electrons. The van der Waals surface area contributed by atoms with Gasteiger partial charge < -0.3 is 5.11 Å². The van der Waals surface area contributed by atoms with E-state index in [9.17, 15) is 15.2 Å². The molecule has 0 saturated heterocycles. The molecule has 6 nitrogen and oxygen atoms in total. The Hall–Kier alpha value is -2.21. The summed E-state index contributed by atoms with van der Waals surface area (Å²) in [6.45, 7) is -0.0671. The van der Waals surface area contributed by atoms with Crippen LogP contribution in [0.25, 0.3) is 5.69 Å². The predicted octanol–water partition coefficient (Wildman–Crippen LogP) is 2.15. The summed E-state index contributed by atoms with van der Waals surface area (Å²) in [4.78, 5) is 10.3. The molecular formula is C14H15N3O3. The van der Waals surface area contributed by atoms with E-state index in [0.717, 1.165) is 48.3 Å². The van der Waals surface area contributed by atoms with Crippen molar-refractivity contribution >= 4 is 5.69 Å². The number of rotatable bonds is 3. The predicted molar refractivity (Wildman–Crippen MR) is 72.8 cm³/mol. The zero-order valence-electron chi connectivity index (χ0n) is 11.0. The molecule has 0 unspecified atom stereocenters. The first-order valence-electron chi connectivity index (χ1n) is 6.66. The zero-order chi connectivity index (χ0) is 14.1. The molecule has 1 aliphatic rings. The number of nitrogens with zero attached hydrogens (tertiary/aromatic N) is 3. The van der Waals surface area contributed by atoms with Crippen molar-refractivity contribution in [1.82, 2.24) is 9.78 Å². The second-order valence-electron chi connectivity index (χ2n) is 4.92. The van der Waals surface area contributed by atoms with E-state index < -0.39 is 4.92 Å². The van der Waals surface area contributed by atoms with Gasteiger partial charge in [0.25, 0.3) is 5.69 Å². The highest BCUT2D eigenvalue weighted by atomic mass is 16.6. The Morgan fingerprint density at radius 2 is 1.95 bits per heavy atom. The molecule has 1 aliphatic carbocycles. The number of aromatic nitrogens is 2. The van der Waals surface area contributed by atoms with Crippen LogP contribution >= 0.6 is 0 Å². The van der Waals surface area contributed by atoms with E-state index in [1.807, 2.05) is 4.68 Å². The van der Waals surface area contributed by atoms with Gasteiger partial charge in [-0.1, -0.05) is 0 Å². The first-order valence-corrected chi connectivity index (χ1v) is 6.66. The van der Waals surface area contributed by atoms with Crippen LogP contribution in [-0.2, 0) is 19.4 Å². The fourth-order valence-corrected chi connectivity index (χ4v) is 2.73. The number of hydrogen-bond acceptors (Lipinski definition) is 4. The second kappa shape index (κ2) is 5.05. The molecule has 0 spiro atoms. The van der Waals surface area contributed by atoms with Crippen molar-refractivity contribution in [2.24, 2.45) is 0 Å². The van der Waals surface area contributed by atoms with E-state index >= 15 is 0 Å². The minimum Gasteiger partial charge on any atom is -0.390 e. The van der Waals surface area contributed by atoms with Gasteiger partial charge in [-0.15, -0.1) is 0 Å². The van der Waals surface area contributed by atoms with Gasteiger partial charge in [0.15, 0.2) is 0 Å². The molecule has 3 rings (SSSR count). The largest absolute Gasteiger partial charge is 0.390 e. The number of benzene rings is 1. The van der Waals surface area contributed by atoms with Crippen LogP contribution in [0.5, 0.6) is 0 Å². The lowest BCUT2D eigenvalue weighted by Crippen LogP contribution is -2.07. The van der Waals surface area contributed by atoms with Crippen LogP contribution in [0.3, 0.4) is 0 Å². The maximum Gasteiger partial charge on any atom is 0.269 e. The van der Waals surface area contributed by atoms with Gasteiger partial charge in [-0.3, -0.25) is 10.1 Å². The fourth-order valence-electron chi connectivity index (χ4n) is 2.73. The van der Waals surface area contributed by atoms with Crippen molar-refractivity contribution in [2.75, 3.05) is 0 Å². The molecule has 1 aromatic carbocycles. The van der Waals surface area contributed by atoms with Crippen molar-refractivity contribution in [3.63, 3.8) is 0 Å². The van der Waals surface area contributed by atoms with Crippen LogP contribution in [0.4, 0.5) is 5.69 Å². The van der Waals surface area contributed by atoms with Gasteiger partial charge in [0.1, 0.15) is 0 Å². The fraction of sp³-hybridized carbons (Fsp3) is 0.357. The Kier molecular flexibility index (Phi) is 3.23. The van der Waals surface area contributed by atoms with Crippen molar-refractivity contribution in [2.45, 2.75) is 32.3 Å². The highest BCUT2D eigenvalue weighted by molar-refractivity contribution is 5.43. The highest BCUT2D eigenvalue weighted by Crippen LogP contribution is 2.27. The van der Waals surface area contributed by atoms with Gasteiger partial charge in [-0.25, -0.2) is 4.68 Å². The summed E-state index contributed by atoms with van der Waals surface area (Å²) in [5.41, 5.74) is 3.84. The lowest BCUT2D eigenvalue weighted by molar-refractivity contribution is -0.384. The summed E-state index contributed by atoms with van der Waals surface area (Å²) >= 11 is 0. The third-order valence-corrected chi connectivity index (χ3v) is 3.72. The number of aliphatic hydroxyl groups excluding tert-OH is 1. The summed E-state index contributed by atoms with van der Waals surface area (Å²) in [7, 11) is 0. The van der Waals surface area contributed by atoms with Crippen LogP contribution in [0, 0.1) is 10.1 Å². The molecule has 20 heavy (non-hydrogen) atoms. The molecule has 0 atom stereocenters. The first-order chi connectivity index (χ1) is 9.70. The third-order valence-electron chi connectivity index (χ3n) is 3.72. The van der Waals surface area contributed by atoms with Crippen LogP contribution < -0.4 is 0 Å². The van der Waals surface area contributed by atoms with Crippen molar-refractivity contribution in [1.29, 1.82) is 0 Å². The van der Waals surface area contributed by atoms with Gasteiger partial charge in [0, 0.05) is 17.8 Å². The second-order valence-corrected chi connectivity index (χ2v) is 4.92. The molecule has 0 fully saturated rings. The van der Waals surface area contributed by atoms with Crippen molar-refractivity contribution < 1.29 is 10.0 Å². The Bertz CT molecular complexity index is 646. The molecule has 2 aromatic rings. The lowest BCUT2D eigenvalue weighted by Gasteiger charge is -2.14. The first kappa shape index (κ1) is 12.8. The van der Waals surface area contributed by atoms with Crippen LogP contribution in [0.1, 0.15) is 29.8 Å². The highest BCUT2D eigenvalue weighted by Gasteiger charge is 2.21. The van der Waals surface area contributed by atoms with Gasteiger partial charge in [-0.2, -0.15) is 5.10 Å². The Morgan fingerprint density at radius 3 is 2.60 bits per heavy atom. The van der Waals surface area contributed by atoms with Gasteiger partial charge in [-0.05, 0) is 43.4 Å². The summed E-state index contributed by atoms with van der Waals surface area (Å²) in [5, 5.41) is 24.5. The Labute approximate surface area is 115 Å². The van der Waals surface area contributed by atoms with Gasteiger partial charge in [0.05, 0.1) is 22.9 Å². The molecule has 1 N–H and O–H groups in total. The minimum absolute atomic E-state index is 0.0668. The summed E-state index contributed by atoms with van der Waals surface area (Å²) < 4.78 is 1.81. The van der Waals surface area contributed by atoms with Crippen LogP contribution in [0.2, 0.25) is 0 Å². The Morgan fingerprint density at radius 1 is 1.25 bits per heavy atom. The SMILES string of the molecule is O=[N+]([O-])c1ccc(-n2nc(CO)c3c2CCCC3)cc1. The molecule has 1 heterocycles. The molecular weight excluding hydrogens is 258 g/mol. The number of nitro groups is 1. The van der Waals surface area contributed by atoms with E-state index in [4.69, 9.17) is 0 Å². The molecule has 1 aromatic heterocycles. The Balaban J connectivity index is 2.05. The van der Waals surface area contributed by atoms with E-state index in [-0.39, 0.29) is 12.3 Å². The summed E-state index contributed by atoms with van der Waals surface area (Å²) in [5.74, 6) is 0. The maximum absolute atomic E-state index is 10.7. The number of hydrogen-bond donors (Lipinski definition) is 1. The van der Waals surface area contributed by atoms with Crippen molar-refractivity contribution in [3.8, 4) is 5.69 Å². The third kappa shape index (κ3) is 2.08. The average molecular weight is 273 g/mol. The van der Waals surface area contributed by atoms with E-state index in [2.05, 4.69) is 5.10 Å². The standard InChI is InChI=1S/C14H15N3O3/c18-9-13-12-3-1-2-4-14(12)16(15-13)10-5-7-11(8-6-10)17(19)20/h5-8,18H,1-4,9H2. The lowest BCUT2D eigenvalue weighted by atomic mass is 9.96. The molecule has 6 heteroatoms. The maximum atomic E-state index is 10.7. The number of fused-ring (bicyclic) bond motifs is 1. The van der Waals surface area contributed by atoms with Crippen LogP contribution in [0.15, 0.2) is 24.3 Å².